The van der Waals surface area contributed by atoms with Crippen LogP contribution in [0.3, 0.4) is 0 Å². The molecule has 5 rings (SSSR count). The number of amides is 1. The molecule has 2 aromatic rings. The van der Waals surface area contributed by atoms with Crippen molar-refractivity contribution in [3.05, 3.63) is 52.7 Å². The van der Waals surface area contributed by atoms with Crippen molar-refractivity contribution in [1.82, 2.24) is 15.2 Å². The fourth-order valence-corrected chi connectivity index (χ4v) is 7.21. The highest BCUT2D eigenvalue weighted by molar-refractivity contribution is 6.31. The van der Waals surface area contributed by atoms with Gasteiger partial charge in [0.05, 0.1) is 22.3 Å². The van der Waals surface area contributed by atoms with Gasteiger partial charge in [0.25, 0.3) is 5.91 Å². The van der Waals surface area contributed by atoms with Crippen LogP contribution in [0.15, 0.2) is 36.5 Å². The SMILES string of the molecule is CC1(C)[C@H](NC(=O)c2ccc(N3CCN(C4CC(OCC(=O)O)C4)CC3)nc2)C(C)(C)[C@H]1Oc1ccc(C#N)c(Cl)c1. The van der Waals surface area contributed by atoms with E-state index in [2.05, 4.69) is 53.9 Å². The lowest BCUT2D eigenvalue weighted by Crippen LogP contribution is -2.74. The van der Waals surface area contributed by atoms with Gasteiger partial charge in [-0.1, -0.05) is 39.3 Å². The third kappa shape index (κ3) is 5.91. The number of anilines is 1. The fourth-order valence-electron chi connectivity index (χ4n) is 7.00. The number of nitriles is 1. The Balaban J connectivity index is 1.12. The number of carbonyl (C=O) groups excluding carboxylic acids is 1. The maximum atomic E-state index is 13.3. The molecule has 0 atom stereocenters. The summed E-state index contributed by atoms with van der Waals surface area (Å²) < 4.78 is 11.7. The molecule has 1 aliphatic heterocycles. The number of hydrogen-bond acceptors (Lipinski definition) is 8. The summed E-state index contributed by atoms with van der Waals surface area (Å²) in [7, 11) is 0. The Morgan fingerprint density at radius 1 is 1.12 bits per heavy atom. The van der Waals surface area contributed by atoms with Crippen LogP contribution in [-0.4, -0.2) is 83.9 Å². The van der Waals surface area contributed by atoms with E-state index in [9.17, 15) is 9.59 Å². The van der Waals surface area contributed by atoms with E-state index in [1.807, 2.05) is 12.1 Å². The minimum atomic E-state index is -0.927. The van der Waals surface area contributed by atoms with Crippen molar-refractivity contribution in [2.75, 3.05) is 37.7 Å². The third-order valence-corrected chi connectivity index (χ3v) is 9.42. The minimum Gasteiger partial charge on any atom is -0.489 e. The maximum absolute atomic E-state index is 13.3. The second kappa shape index (κ2) is 11.7. The zero-order valence-corrected chi connectivity index (χ0v) is 25.2. The smallest absolute Gasteiger partial charge is 0.329 e. The van der Waals surface area contributed by atoms with Crippen molar-refractivity contribution < 1.29 is 24.2 Å². The predicted octanol–water partition coefficient (Wildman–Crippen LogP) is 3.97. The van der Waals surface area contributed by atoms with Crippen molar-refractivity contribution >= 4 is 29.3 Å². The number of hydrogen-bond donors (Lipinski definition) is 2. The molecule has 3 aliphatic rings. The number of nitrogens with one attached hydrogen (secondary N) is 1. The van der Waals surface area contributed by atoms with Crippen LogP contribution < -0.4 is 15.0 Å². The van der Waals surface area contributed by atoms with Gasteiger partial charge in [-0.2, -0.15) is 5.26 Å². The highest BCUT2D eigenvalue weighted by Gasteiger charge is 2.64. The van der Waals surface area contributed by atoms with Crippen molar-refractivity contribution in [2.45, 2.75) is 64.8 Å². The minimum absolute atomic E-state index is 0.0422. The maximum Gasteiger partial charge on any atom is 0.329 e. The second-order valence-corrected chi connectivity index (χ2v) is 13.1. The Morgan fingerprint density at radius 2 is 1.81 bits per heavy atom. The van der Waals surface area contributed by atoms with E-state index in [1.165, 1.54) is 0 Å². The van der Waals surface area contributed by atoms with Gasteiger partial charge in [-0.05, 0) is 37.1 Å². The first-order valence-electron chi connectivity index (χ1n) is 14.4. The molecule has 2 saturated carbocycles. The van der Waals surface area contributed by atoms with E-state index in [0.29, 0.717) is 27.9 Å². The van der Waals surface area contributed by atoms with Crippen molar-refractivity contribution in [2.24, 2.45) is 10.8 Å². The van der Waals surface area contributed by atoms with Crippen LogP contribution in [0, 0.1) is 22.2 Å². The highest BCUT2D eigenvalue weighted by Crippen LogP contribution is 2.55. The van der Waals surface area contributed by atoms with Crippen LogP contribution in [0.4, 0.5) is 5.82 Å². The molecule has 0 bridgehead atoms. The summed E-state index contributed by atoms with van der Waals surface area (Å²) in [5.74, 6) is 0.345. The van der Waals surface area contributed by atoms with Crippen LogP contribution in [0.25, 0.3) is 0 Å². The van der Waals surface area contributed by atoms with E-state index in [1.54, 1.807) is 24.4 Å². The Hall–Kier alpha value is -3.39. The molecule has 0 unspecified atom stereocenters. The van der Waals surface area contributed by atoms with Crippen molar-refractivity contribution in [3.8, 4) is 11.8 Å². The fraction of sp³-hybridized carbons (Fsp3) is 0.548. The van der Waals surface area contributed by atoms with E-state index in [0.717, 1.165) is 44.8 Å². The summed E-state index contributed by atoms with van der Waals surface area (Å²) in [4.78, 5) is 33.2. The van der Waals surface area contributed by atoms with Gasteiger partial charge in [-0.25, -0.2) is 9.78 Å². The third-order valence-electron chi connectivity index (χ3n) is 9.11. The van der Waals surface area contributed by atoms with Crippen LogP contribution in [0.5, 0.6) is 5.75 Å². The number of carboxylic acid groups (broad SMARTS) is 1. The molecule has 2 heterocycles. The molecule has 10 nitrogen and oxygen atoms in total. The first kappa shape index (κ1) is 30.1. The topological polar surface area (TPSA) is 128 Å². The van der Waals surface area contributed by atoms with Crippen LogP contribution in [0.1, 0.15) is 56.5 Å². The average Bonchev–Trinajstić information content (AvgIpc) is 2.93. The van der Waals surface area contributed by atoms with Crippen molar-refractivity contribution in [3.63, 3.8) is 0 Å². The van der Waals surface area contributed by atoms with E-state index in [-0.39, 0.29) is 41.6 Å². The Morgan fingerprint density at radius 3 is 2.38 bits per heavy atom. The molecule has 1 aromatic heterocycles. The molecule has 3 fully saturated rings. The number of benzene rings is 1. The summed E-state index contributed by atoms with van der Waals surface area (Å²) in [6.07, 6.45) is 3.25. The Kier molecular flexibility index (Phi) is 8.39. The second-order valence-electron chi connectivity index (χ2n) is 12.7. The van der Waals surface area contributed by atoms with Gasteiger partial charge in [0.15, 0.2) is 0 Å². The molecule has 2 N–H and O–H groups in total. The summed E-state index contributed by atoms with van der Waals surface area (Å²) in [6.45, 7) is 11.6. The zero-order valence-electron chi connectivity index (χ0n) is 24.5. The number of rotatable bonds is 9. The van der Waals surface area contributed by atoms with Gasteiger partial charge >= 0.3 is 5.97 Å². The largest absolute Gasteiger partial charge is 0.489 e. The molecule has 2 aliphatic carbocycles. The predicted molar refractivity (Wildman–Crippen MR) is 158 cm³/mol. The molecule has 42 heavy (non-hydrogen) atoms. The number of halogens is 1. The van der Waals surface area contributed by atoms with E-state index in [4.69, 9.17) is 31.4 Å². The average molecular weight is 596 g/mol. The number of carboxylic acids is 1. The van der Waals surface area contributed by atoms with Gasteiger partial charge in [-0.3, -0.25) is 9.69 Å². The van der Waals surface area contributed by atoms with Gasteiger partial charge < -0.3 is 24.8 Å². The number of piperazine rings is 1. The van der Waals surface area contributed by atoms with Crippen LogP contribution >= 0.6 is 11.6 Å². The Labute approximate surface area is 251 Å². The number of ether oxygens (including phenoxy) is 2. The van der Waals surface area contributed by atoms with E-state index < -0.39 is 5.97 Å². The van der Waals surface area contributed by atoms with Crippen LogP contribution in [-0.2, 0) is 9.53 Å². The number of nitrogens with zero attached hydrogens (tertiary/aromatic N) is 4. The first-order valence-corrected chi connectivity index (χ1v) is 14.7. The summed E-state index contributed by atoms with van der Waals surface area (Å²) >= 11 is 6.20. The monoisotopic (exact) mass is 595 g/mol. The van der Waals surface area contributed by atoms with Crippen LogP contribution in [0.2, 0.25) is 5.02 Å². The summed E-state index contributed by atoms with van der Waals surface area (Å²) in [5.41, 5.74) is 0.205. The van der Waals surface area contributed by atoms with Crippen molar-refractivity contribution in [1.29, 1.82) is 5.26 Å². The van der Waals surface area contributed by atoms with E-state index >= 15 is 0 Å². The molecule has 0 spiro atoms. The molecule has 224 valence electrons. The molecule has 1 amide bonds. The lowest BCUT2D eigenvalue weighted by Gasteiger charge is -2.63. The Bertz CT molecular complexity index is 1340. The number of aliphatic carboxylic acids is 1. The molecular weight excluding hydrogens is 558 g/mol. The lowest BCUT2D eigenvalue weighted by atomic mass is 9.49. The molecule has 0 radical (unpaired) electrons. The normalized spacial score (nSPS) is 26.3. The molecule has 11 heteroatoms. The number of aromatic nitrogens is 1. The molecular formula is C31H38ClN5O5. The van der Waals surface area contributed by atoms with Gasteiger partial charge in [0, 0.05) is 61.4 Å². The van der Waals surface area contributed by atoms with Gasteiger partial charge in [0.2, 0.25) is 0 Å². The molecule has 1 saturated heterocycles. The standard InChI is InChI=1S/C31H38ClN5O5/c1-30(2)28(31(3,4)29(30)42-22-7-5-19(16-33)24(32)15-22)35-27(40)20-6-8-25(34-17-20)37-11-9-36(10-12-37)21-13-23(14-21)41-18-26(38)39/h5-8,15,17,21,23,28-29H,9-14,18H2,1-4H3,(H,35,40)(H,38,39)/t21?,23?,28-,29-. The number of carbonyl (C=O) groups is 2. The summed E-state index contributed by atoms with van der Waals surface area (Å²) in [6, 6.07) is 11.2. The first-order chi connectivity index (χ1) is 19.9. The summed E-state index contributed by atoms with van der Waals surface area (Å²) in [5, 5.41) is 21.5. The number of pyridine rings is 1. The van der Waals surface area contributed by atoms with Gasteiger partial charge in [-0.15, -0.1) is 0 Å². The van der Waals surface area contributed by atoms with Gasteiger partial charge in [0.1, 0.15) is 30.3 Å². The molecule has 1 aromatic carbocycles. The lowest BCUT2D eigenvalue weighted by molar-refractivity contribution is -0.164. The quantitative estimate of drug-likeness (QED) is 0.442. The zero-order chi connectivity index (χ0) is 30.2. The highest BCUT2D eigenvalue weighted by atomic mass is 35.5.